The van der Waals surface area contributed by atoms with Crippen molar-refractivity contribution in [3.05, 3.63) is 17.8 Å². The number of hydrogen-bond acceptors (Lipinski definition) is 6. The summed E-state index contributed by atoms with van der Waals surface area (Å²) in [5.41, 5.74) is 2.80. The van der Waals surface area contributed by atoms with Gasteiger partial charge in [0.25, 0.3) is 0 Å². The Kier molecular flexibility index (Phi) is 4.57. The van der Waals surface area contributed by atoms with Crippen LogP contribution in [0.25, 0.3) is 10.2 Å². The second kappa shape index (κ2) is 7.12. The van der Waals surface area contributed by atoms with Crippen LogP contribution in [0.2, 0.25) is 0 Å². The van der Waals surface area contributed by atoms with E-state index in [4.69, 9.17) is 0 Å². The number of rotatable bonds is 4. The average Bonchev–Trinajstić information content (AvgIpc) is 3.21. The van der Waals surface area contributed by atoms with Crippen LogP contribution in [-0.2, 0) is 4.79 Å². The molecule has 29 heavy (non-hydrogen) atoms. The van der Waals surface area contributed by atoms with Crippen LogP contribution in [0.3, 0.4) is 0 Å². The van der Waals surface area contributed by atoms with Crippen LogP contribution in [0.15, 0.2) is 17.8 Å². The lowest BCUT2D eigenvalue weighted by molar-refractivity contribution is -0.123. The first-order valence-corrected chi connectivity index (χ1v) is 11.2. The lowest BCUT2D eigenvalue weighted by atomic mass is 10.2. The van der Waals surface area contributed by atoms with Crippen LogP contribution < -0.4 is 10.2 Å². The minimum Gasteiger partial charge on any atom is -0.353 e. The number of fused-ring (bicyclic) bond motifs is 2. The Bertz CT molecular complexity index is 936. The van der Waals surface area contributed by atoms with Crippen LogP contribution in [0.5, 0.6) is 0 Å². The number of urea groups is 1. The van der Waals surface area contributed by atoms with Crippen LogP contribution in [0.1, 0.15) is 13.3 Å². The van der Waals surface area contributed by atoms with Crippen molar-refractivity contribution in [2.24, 2.45) is 17.8 Å². The molecule has 4 atom stereocenters. The Labute approximate surface area is 173 Å². The molecule has 4 heterocycles. The van der Waals surface area contributed by atoms with Crippen molar-refractivity contribution in [3.63, 3.8) is 0 Å². The van der Waals surface area contributed by atoms with E-state index in [1.165, 1.54) is 0 Å². The molecule has 2 saturated heterocycles. The SMILES string of the molecule is CCN(C)C(=O)N1C[C@@H]2C(C(=O)N[C@H]3CCN(c4nccc5scnc45)C3)[C@@H]2C1. The summed E-state index contributed by atoms with van der Waals surface area (Å²) in [6.07, 6.45) is 2.75. The van der Waals surface area contributed by atoms with Crippen molar-refractivity contribution in [1.29, 1.82) is 0 Å². The highest BCUT2D eigenvalue weighted by atomic mass is 32.1. The van der Waals surface area contributed by atoms with Gasteiger partial charge in [0.2, 0.25) is 5.91 Å². The van der Waals surface area contributed by atoms with Gasteiger partial charge in [-0.15, -0.1) is 11.3 Å². The second-order valence-electron chi connectivity index (χ2n) is 8.33. The molecule has 9 heteroatoms. The lowest BCUT2D eigenvalue weighted by Crippen LogP contribution is -2.43. The first kappa shape index (κ1) is 18.6. The van der Waals surface area contributed by atoms with Crippen LogP contribution in [0.4, 0.5) is 10.6 Å². The molecule has 1 saturated carbocycles. The highest BCUT2D eigenvalue weighted by molar-refractivity contribution is 7.16. The molecule has 2 aliphatic heterocycles. The number of anilines is 1. The zero-order valence-corrected chi connectivity index (χ0v) is 17.6. The fourth-order valence-electron chi connectivity index (χ4n) is 4.83. The van der Waals surface area contributed by atoms with Gasteiger partial charge in [0.1, 0.15) is 5.52 Å². The fourth-order valence-corrected chi connectivity index (χ4v) is 5.49. The molecule has 3 aliphatic rings. The monoisotopic (exact) mass is 414 g/mol. The number of hydrogen-bond donors (Lipinski definition) is 1. The molecule has 0 bridgehead atoms. The van der Waals surface area contributed by atoms with Crippen molar-refractivity contribution < 1.29 is 9.59 Å². The van der Waals surface area contributed by atoms with E-state index in [1.807, 2.05) is 36.6 Å². The molecule has 154 valence electrons. The van der Waals surface area contributed by atoms with Gasteiger partial charge in [-0.1, -0.05) is 0 Å². The Morgan fingerprint density at radius 2 is 2.07 bits per heavy atom. The van der Waals surface area contributed by atoms with E-state index < -0.39 is 0 Å². The lowest BCUT2D eigenvalue weighted by Gasteiger charge is -2.25. The molecule has 1 unspecified atom stereocenters. The van der Waals surface area contributed by atoms with Gasteiger partial charge in [-0.25, -0.2) is 14.8 Å². The molecule has 1 aliphatic carbocycles. The number of amides is 3. The van der Waals surface area contributed by atoms with Crippen LogP contribution >= 0.6 is 11.3 Å². The third kappa shape index (κ3) is 3.21. The molecule has 3 amide bonds. The third-order valence-electron chi connectivity index (χ3n) is 6.63. The summed E-state index contributed by atoms with van der Waals surface area (Å²) in [5, 5.41) is 3.25. The van der Waals surface area contributed by atoms with Crippen molar-refractivity contribution in [3.8, 4) is 0 Å². The zero-order chi connectivity index (χ0) is 20.1. The zero-order valence-electron chi connectivity index (χ0n) is 16.7. The number of thiazole rings is 1. The smallest absolute Gasteiger partial charge is 0.319 e. The first-order chi connectivity index (χ1) is 14.1. The molecular weight excluding hydrogens is 388 g/mol. The van der Waals surface area contributed by atoms with Gasteiger partial charge in [0.15, 0.2) is 5.82 Å². The predicted octanol–water partition coefficient (Wildman–Crippen LogP) is 1.64. The van der Waals surface area contributed by atoms with Crippen molar-refractivity contribution in [2.45, 2.75) is 19.4 Å². The summed E-state index contributed by atoms with van der Waals surface area (Å²) in [6.45, 7) is 5.73. The number of carbonyl (C=O) groups excluding carboxylic acids is 2. The van der Waals surface area contributed by atoms with Gasteiger partial charge >= 0.3 is 6.03 Å². The summed E-state index contributed by atoms with van der Waals surface area (Å²) < 4.78 is 1.14. The average molecular weight is 415 g/mol. The molecular formula is C20H26N6O2S. The number of likely N-dealkylation sites (tertiary alicyclic amines) is 1. The summed E-state index contributed by atoms with van der Waals surface area (Å²) in [6, 6.07) is 2.21. The van der Waals surface area contributed by atoms with Gasteiger partial charge in [0.05, 0.1) is 10.2 Å². The maximum Gasteiger partial charge on any atom is 0.319 e. The maximum absolute atomic E-state index is 12.8. The van der Waals surface area contributed by atoms with Gasteiger partial charge in [-0.3, -0.25) is 4.79 Å². The highest BCUT2D eigenvalue weighted by Gasteiger charge is 2.60. The van der Waals surface area contributed by atoms with Crippen molar-refractivity contribution in [2.75, 3.05) is 44.7 Å². The quantitative estimate of drug-likeness (QED) is 0.823. The fraction of sp³-hybridized carbons (Fsp3) is 0.600. The largest absolute Gasteiger partial charge is 0.353 e. The molecule has 2 aromatic heterocycles. The van der Waals surface area contributed by atoms with E-state index in [0.717, 1.165) is 35.5 Å². The van der Waals surface area contributed by atoms with Gasteiger partial charge in [-0.2, -0.15) is 0 Å². The number of carbonyl (C=O) groups is 2. The van der Waals surface area contributed by atoms with Gasteiger partial charge in [0, 0.05) is 57.9 Å². The Morgan fingerprint density at radius 1 is 1.28 bits per heavy atom. The van der Waals surface area contributed by atoms with Crippen molar-refractivity contribution in [1.82, 2.24) is 25.1 Å². The number of pyridine rings is 1. The molecule has 1 N–H and O–H groups in total. The number of piperidine rings is 1. The molecule has 8 nitrogen and oxygen atoms in total. The molecule has 0 radical (unpaired) electrons. The number of aromatic nitrogens is 2. The van der Waals surface area contributed by atoms with E-state index >= 15 is 0 Å². The Hall–Kier alpha value is -2.42. The van der Waals surface area contributed by atoms with E-state index in [9.17, 15) is 9.59 Å². The third-order valence-corrected chi connectivity index (χ3v) is 7.43. The Balaban J connectivity index is 1.15. The van der Waals surface area contributed by atoms with Crippen LogP contribution in [0, 0.1) is 17.8 Å². The topological polar surface area (TPSA) is 81.7 Å². The Morgan fingerprint density at radius 3 is 2.83 bits per heavy atom. The molecule has 3 fully saturated rings. The maximum atomic E-state index is 12.8. The van der Waals surface area contributed by atoms with Gasteiger partial charge in [-0.05, 0) is 31.2 Å². The first-order valence-electron chi connectivity index (χ1n) is 10.3. The summed E-state index contributed by atoms with van der Waals surface area (Å²) in [4.78, 5) is 39.9. The molecule has 2 aromatic rings. The van der Waals surface area contributed by atoms with E-state index in [-0.39, 0.29) is 23.9 Å². The van der Waals surface area contributed by atoms with E-state index in [2.05, 4.69) is 20.2 Å². The standard InChI is InChI=1S/C20H26N6O2S/c1-3-24(2)20(28)26-9-13-14(10-26)16(13)19(27)23-12-5-7-25(8-12)18-17-15(4-6-21-18)29-11-22-17/h4,6,11-14,16H,3,5,7-10H2,1-2H3,(H,23,27)/t12-,13-,14+,16?/m0/s1. The number of nitrogens with one attached hydrogen (secondary N) is 1. The summed E-state index contributed by atoms with van der Waals surface area (Å²) in [7, 11) is 1.82. The molecule has 5 rings (SSSR count). The number of nitrogens with zero attached hydrogens (tertiary/aromatic N) is 5. The second-order valence-corrected chi connectivity index (χ2v) is 9.22. The minimum atomic E-state index is 0.0696. The molecule has 0 spiro atoms. The summed E-state index contributed by atoms with van der Waals surface area (Å²) >= 11 is 1.62. The van der Waals surface area contributed by atoms with Crippen molar-refractivity contribution >= 4 is 39.3 Å². The predicted molar refractivity (Wildman–Crippen MR) is 112 cm³/mol. The van der Waals surface area contributed by atoms with Crippen LogP contribution in [-0.4, -0.2) is 77.5 Å². The highest BCUT2D eigenvalue weighted by Crippen LogP contribution is 2.52. The van der Waals surface area contributed by atoms with Gasteiger partial charge < -0.3 is 20.0 Å². The normalized spacial score (nSPS) is 27.9. The van der Waals surface area contributed by atoms with E-state index in [1.54, 1.807) is 16.2 Å². The van der Waals surface area contributed by atoms with E-state index in [0.29, 0.717) is 31.5 Å². The minimum absolute atomic E-state index is 0.0696. The molecule has 0 aromatic carbocycles. The summed E-state index contributed by atoms with van der Waals surface area (Å²) in [5.74, 6) is 1.79.